The van der Waals surface area contributed by atoms with Gasteiger partial charge in [-0.2, -0.15) is 0 Å². The molecule has 0 radical (unpaired) electrons. The van der Waals surface area contributed by atoms with Crippen LogP contribution in [-0.4, -0.2) is 17.8 Å². The van der Waals surface area contributed by atoms with Crippen LogP contribution < -0.4 is 5.32 Å². The highest BCUT2D eigenvalue weighted by Gasteiger charge is 2.04. The molecule has 1 aromatic rings. The molecule has 0 heterocycles. The maximum absolute atomic E-state index is 8.98. The molecule has 0 unspecified atom stereocenters. The van der Waals surface area contributed by atoms with Crippen molar-refractivity contribution in [3.8, 4) is 0 Å². The Morgan fingerprint density at radius 2 is 2.14 bits per heavy atom. The van der Waals surface area contributed by atoms with E-state index in [1.807, 2.05) is 31.2 Å². The second kappa shape index (κ2) is 6.02. The Kier molecular flexibility index (Phi) is 4.94. The van der Waals surface area contributed by atoms with Crippen molar-refractivity contribution < 1.29 is 5.11 Å². The van der Waals surface area contributed by atoms with Gasteiger partial charge in [-0.25, -0.2) is 0 Å². The van der Waals surface area contributed by atoms with Crippen LogP contribution >= 0.6 is 11.6 Å². The summed E-state index contributed by atoms with van der Waals surface area (Å²) in [6.07, 6.45) is 0.918. The molecular formula is C11H16ClNO. The summed E-state index contributed by atoms with van der Waals surface area (Å²) in [5.41, 5.74) is 1.07. The van der Waals surface area contributed by atoms with E-state index in [-0.39, 0.29) is 12.6 Å². The minimum absolute atomic E-state index is 0.159. The van der Waals surface area contributed by atoms with Crippen molar-refractivity contribution >= 4 is 11.6 Å². The molecule has 0 bridgehead atoms. The number of benzene rings is 1. The van der Waals surface area contributed by atoms with Gasteiger partial charge in [0.1, 0.15) is 0 Å². The van der Waals surface area contributed by atoms with Gasteiger partial charge in [-0.1, -0.05) is 36.7 Å². The second-order valence-corrected chi connectivity index (χ2v) is 3.67. The highest BCUT2D eigenvalue weighted by Crippen LogP contribution is 2.14. The largest absolute Gasteiger partial charge is 0.395 e. The average molecular weight is 214 g/mol. The Bertz CT molecular complexity index is 274. The normalized spacial score (nSPS) is 12.8. The maximum Gasteiger partial charge on any atom is 0.0584 e. The van der Waals surface area contributed by atoms with E-state index in [4.69, 9.17) is 16.7 Å². The summed E-state index contributed by atoms with van der Waals surface area (Å²) in [6, 6.07) is 7.89. The fourth-order valence-electron chi connectivity index (χ4n) is 1.23. The van der Waals surface area contributed by atoms with Gasteiger partial charge in [-0.3, -0.25) is 0 Å². The van der Waals surface area contributed by atoms with Crippen LogP contribution in [-0.2, 0) is 6.54 Å². The molecule has 1 atom stereocenters. The summed E-state index contributed by atoms with van der Waals surface area (Å²) in [4.78, 5) is 0. The number of hydrogen-bond donors (Lipinski definition) is 2. The zero-order valence-electron chi connectivity index (χ0n) is 8.33. The Hall–Kier alpha value is -0.570. The first-order valence-electron chi connectivity index (χ1n) is 4.85. The van der Waals surface area contributed by atoms with Gasteiger partial charge in [0.2, 0.25) is 0 Å². The van der Waals surface area contributed by atoms with Crippen molar-refractivity contribution in [3.63, 3.8) is 0 Å². The van der Waals surface area contributed by atoms with Crippen molar-refractivity contribution in [2.24, 2.45) is 0 Å². The maximum atomic E-state index is 8.98. The Labute approximate surface area is 89.9 Å². The van der Waals surface area contributed by atoms with Gasteiger partial charge in [-0.05, 0) is 18.1 Å². The molecule has 2 N–H and O–H groups in total. The molecule has 0 amide bonds. The number of nitrogens with one attached hydrogen (secondary N) is 1. The molecule has 0 aliphatic rings. The number of halogens is 1. The molecule has 78 valence electrons. The zero-order valence-corrected chi connectivity index (χ0v) is 9.09. The van der Waals surface area contributed by atoms with Crippen LogP contribution in [0.3, 0.4) is 0 Å². The number of hydrogen-bond acceptors (Lipinski definition) is 2. The summed E-state index contributed by atoms with van der Waals surface area (Å²) in [7, 11) is 0. The second-order valence-electron chi connectivity index (χ2n) is 3.26. The minimum Gasteiger partial charge on any atom is -0.395 e. The lowest BCUT2D eigenvalue weighted by molar-refractivity contribution is 0.238. The molecule has 3 heteroatoms. The summed E-state index contributed by atoms with van der Waals surface area (Å²) in [6.45, 7) is 2.92. The molecule has 0 fully saturated rings. The number of aliphatic hydroxyl groups excluding tert-OH is 1. The fourth-order valence-corrected chi connectivity index (χ4v) is 1.44. The first kappa shape index (κ1) is 11.5. The molecule has 0 saturated carbocycles. The molecular weight excluding hydrogens is 198 g/mol. The van der Waals surface area contributed by atoms with Crippen LogP contribution in [0.4, 0.5) is 0 Å². The molecule has 0 spiro atoms. The van der Waals surface area contributed by atoms with Crippen LogP contribution in [0.2, 0.25) is 5.02 Å². The fraction of sp³-hybridized carbons (Fsp3) is 0.455. The van der Waals surface area contributed by atoms with Gasteiger partial charge < -0.3 is 10.4 Å². The van der Waals surface area contributed by atoms with E-state index in [1.54, 1.807) is 0 Å². The topological polar surface area (TPSA) is 32.3 Å². The van der Waals surface area contributed by atoms with Crippen LogP contribution in [0.15, 0.2) is 24.3 Å². The SMILES string of the molecule is CC[C@H](CO)NCc1ccccc1Cl. The van der Waals surface area contributed by atoms with Crippen molar-refractivity contribution in [1.82, 2.24) is 5.32 Å². The first-order chi connectivity index (χ1) is 6.77. The van der Waals surface area contributed by atoms with Crippen molar-refractivity contribution in [2.45, 2.75) is 25.9 Å². The van der Waals surface area contributed by atoms with Crippen LogP contribution in [0, 0.1) is 0 Å². The zero-order chi connectivity index (χ0) is 10.4. The van der Waals surface area contributed by atoms with Gasteiger partial charge in [0, 0.05) is 17.6 Å². The van der Waals surface area contributed by atoms with Gasteiger partial charge in [-0.15, -0.1) is 0 Å². The standard InChI is InChI=1S/C11H16ClNO/c1-2-10(8-14)13-7-9-5-3-4-6-11(9)12/h3-6,10,13-14H,2,7-8H2,1H3/t10-/m1/s1. The monoisotopic (exact) mass is 213 g/mol. The third-order valence-electron chi connectivity index (χ3n) is 2.25. The lowest BCUT2D eigenvalue weighted by Crippen LogP contribution is -2.31. The quantitative estimate of drug-likeness (QED) is 0.786. The summed E-state index contributed by atoms with van der Waals surface area (Å²) in [5.74, 6) is 0. The predicted molar refractivity (Wildman–Crippen MR) is 59.5 cm³/mol. The van der Waals surface area contributed by atoms with Crippen LogP contribution in [0.1, 0.15) is 18.9 Å². The molecule has 0 saturated heterocycles. The van der Waals surface area contributed by atoms with Crippen LogP contribution in [0.5, 0.6) is 0 Å². The lowest BCUT2D eigenvalue weighted by atomic mass is 10.2. The predicted octanol–water partition coefficient (Wildman–Crippen LogP) is 2.20. The molecule has 2 nitrogen and oxygen atoms in total. The van der Waals surface area contributed by atoms with E-state index in [0.29, 0.717) is 6.54 Å². The van der Waals surface area contributed by atoms with Gasteiger partial charge in [0.15, 0.2) is 0 Å². The van der Waals surface area contributed by atoms with Gasteiger partial charge >= 0.3 is 0 Å². The van der Waals surface area contributed by atoms with Gasteiger partial charge in [0.05, 0.1) is 6.61 Å². The highest BCUT2D eigenvalue weighted by molar-refractivity contribution is 6.31. The highest BCUT2D eigenvalue weighted by atomic mass is 35.5. The first-order valence-corrected chi connectivity index (χ1v) is 5.23. The third kappa shape index (κ3) is 3.29. The Morgan fingerprint density at radius 1 is 1.43 bits per heavy atom. The summed E-state index contributed by atoms with van der Waals surface area (Å²) >= 11 is 5.99. The van der Waals surface area contributed by atoms with E-state index in [0.717, 1.165) is 17.0 Å². The number of aliphatic hydroxyl groups is 1. The molecule has 14 heavy (non-hydrogen) atoms. The van der Waals surface area contributed by atoms with Crippen molar-refractivity contribution in [3.05, 3.63) is 34.9 Å². The van der Waals surface area contributed by atoms with E-state index in [9.17, 15) is 0 Å². The Balaban J connectivity index is 2.49. The van der Waals surface area contributed by atoms with E-state index in [2.05, 4.69) is 5.32 Å². The summed E-state index contributed by atoms with van der Waals surface area (Å²) < 4.78 is 0. The lowest BCUT2D eigenvalue weighted by Gasteiger charge is -2.14. The third-order valence-corrected chi connectivity index (χ3v) is 2.62. The van der Waals surface area contributed by atoms with Crippen molar-refractivity contribution in [1.29, 1.82) is 0 Å². The smallest absolute Gasteiger partial charge is 0.0584 e. The van der Waals surface area contributed by atoms with Gasteiger partial charge in [0.25, 0.3) is 0 Å². The summed E-state index contributed by atoms with van der Waals surface area (Å²) in [5, 5.41) is 13.0. The molecule has 1 rings (SSSR count). The van der Waals surface area contributed by atoms with Crippen LogP contribution in [0.25, 0.3) is 0 Å². The molecule has 1 aromatic carbocycles. The molecule has 0 aromatic heterocycles. The average Bonchev–Trinajstić information content (AvgIpc) is 2.22. The van der Waals surface area contributed by atoms with E-state index in [1.165, 1.54) is 0 Å². The number of rotatable bonds is 5. The molecule has 0 aliphatic carbocycles. The van der Waals surface area contributed by atoms with Crippen molar-refractivity contribution in [2.75, 3.05) is 6.61 Å². The van der Waals surface area contributed by atoms with E-state index >= 15 is 0 Å². The molecule has 0 aliphatic heterocycles. The minimum atomic E-state index is 0.159. The Morgan fingerprint density at radius 3 is 2.71 bits per heavy atom. The van der Waals surface area contributed by atoms with E-state index < -0.39 is 0 Å².